The molecule has 1 unspecified atom stereocenters. The van der Waals surface area contributed by atoms with E-state index in [0.29, 0.717) is 19.8 Å². The number of ether oxygens (including phenoxy) is 1. The number of amides is 1. The third kappa shape index (κ3) is 2.94. The van der Waals surface area contributed by atoms with Crippen LogP contribution in [0.4, 0.5) is 0 Å². The Labute approximate surface area is 147 Å². The molecule has 24 heavy (non-hydrogen) atoms. The quantitative estimate of drug-likeness (QED) is 0.826. The number of benzene rings is 2. The molecule has 0 aromatic heterocycles. The number of fused-ring (bicyclic) bond motifs is 1. The average Bonchev–Trinajstić information content (AvgIpc) is 3.15. The van der Waals surface area contributed by atoms with Crippen LogP contribution in [0.25, 0.3) is 0 Å². The zero-order chi connectivity index (χ0) is 16.5. The van der Waals surface area contributed by atoms with Gasteiger partial charge in [0.1, 0.15) is 0 Å². The Kier molecular flexibility index (Phi) is 4.30. The Balaban J connectivity index is 1.71. The van der Waals surface area contributed by atoms with Gasteiger partial charge >= 0.3 is 0 Å². The second-order valence-corrected chi connectivity index (χ2v) is 7.01. The van der Waals surface area contributed by atoms with E-state index in [0.717, 1.165) is 23.4 Å². The van der Waals surface area contributed by atoms with Gasteiger partial charge in [-0.25, -0.2) is 0 Å². The number of hydrogen-bond acceptors (Lipinski definition) is 2. The zero-order valence-electron chi connectivity index (χ0n) is 13.5. The highest BCUT2D eigenvalue weighted by Crippen LogP contribution is 2.36. The van der Waals surface area contributed by atoms with E-state index < -0.39 is 0 Å². The van der Waals surface area contributed by atoms with E-state index in [1.54, 1.807) is 0 Å². The third-order valence-electron chi connectivity index (χ3n) is 5.04. The van der Waals surface area contributed by atoms with Gasteiger partial charge in [-0.15, -0.1) is 0 Å². The third-order valence-corrected chi connectivity index (χ3v) is 5.28. The fraction of sp³-hybridized carbons (Fsp3) is 0.350. The van der Waals surface area contributed by atoms with Crippen LogP contribution < -0.4 is 0 Å². The van der Waals surface area contributed by atoms with E-state index >= 15 is 0 Å². The van der Waals surface area contributed by atoms with Crippen LogP contribution in [0, 0.1) is 5.92 Å². The molecule has 2 atom stereocenters. The Bertz CT molecular complexity index is 741. The maximum atomic E-state index is 13.1. The minimum Gasteiger partial charge on any atom is -0.381 e. The predicted octanol–water partition coefficient (Wildman–Crippen LogP) is 4.00. The molecule has 2 aromatic rings. The number of hydrogen-bond donors (Lipinski definition) is 0. The SMILES string of the molecule is O=C([C@H]1CCOC1)N1Cc2cc(Cl)ccc2CC1c1ccccc1. The molecule has 2 aliphatic heterocycles. The lowest BCUT2D eigenvalue weighted by Crippen LogP contribution is -2.42. The first-order valence-electron chi connectivity index (χ1n) is 8.43. The van der Waals surface area contributed by atoms with E-state index in [1.165, 1.54) is 11.1 Å². The van der Waals surface area contributed by atoms with E-state index in [4.69, 9.17) is 16.3 Å². The average molecular weight is 342 g/mol. The van der Waals surface area contributed by atoms with Crippen molar-refractivity contribution in [1.29, 1.82) is 0 Å². The standard InChI is InChI=1S/C20H20ClNO2/c21-18-7-6-15-11-19(14-4-2-1-3-5-14)22(12-17(15)10-18)20(23)16-8-9-24-13-16/h1-7,10,16,19H,8-9,11-13H2/t16-,19?/m0/s1. The lowest BCUT2D eigenvalue weighted by Gasteiger charge is -2.38. The van der Waals surface area contributed by atoms with Gasteiger partial charge in [0.2, 0.25) is 5.91 Å². The van der Waals surface area contributed by atoms with E-state index in [1.807, 2.05) is 35.2 Å². The summed E-state index contributed by atoms with van der Waals surface area (Å²) < 4.78 is 5.43. The maximum absolute atomic E-state index is 13.1. The Morgan fingerprint density at radius 3 is 2.71 bits per heavy atom. The molecule has 2 heterocycles. The van der Waals surface area contributed by atoms with Crippen molar-refractivity contribution in [3.05, 3.63) is 70.2 Å². The zero-order valence-corrected chi connectivity index (χ0v) is 14.2. The molecule has 1 fully saturated rings. The maximum Gasteiger partial charge on any atom is 0.228 e. The van der Waals surface area contributed by atoms with Gasteiger partial charge in [0.15, 0.2) is 0 Å². The first-order chi connectivity index (χ1) is 11.7. The molecule has 1 amide bonds. The highest BCUT2D eigenvalue weighted by atomic mass is 35.5. The molecule has 3 nitrogen and oxygen atoms in total. The lowest BCUT2D eigenvalue weighted by molar-refractivity contribution is -0.139. The minimum absolute atomic E-state index is 0.0167. The highest BCUT2D eigenvalue weighted by Gasteiger charge is 2.35. The Morgan fingerprint density at radius 1 is 1.12 bits per heavy atom. The van der Waals surface area contributed by atoms with Gasteiger partial charge in [0, 0.05) is 18.2 Å². The van der Waals surface area contributed by atoms with Crippen molar-refractivity contribution in [2.24, 2.45) is 5.92 Å². The Morgan fingerprint density at radius 2 is 1.96 bits per heavy atom. The van der Waals surface area contributed by atoms with Gasteiger partial charge in [-0.05, 0) is 41.7 Å². The van der Waals surface area contributed by atoms with Crippen LogP contribution in [0.2, 0.25) is 5.02 Å². The van der Waals surface area contributed by atoms with E-state index in [2.05, 4.69) is 18.2 Å². The highest BCUT2D eigenvalue weighted by molar-refractivity contribution is 6.30. The lowest BCUT2D eigenvalue weighted by atomic mass is 9.88. The fourth-order valence-corrected chi connectivity index (χ4v) is 3.92. The first kappa shape index (κ1) is 15.7. The predicted molar refractivity (Wildman–Crippen MR) is 93.8 cm³/mol. The number of halogens is 1. The summed E-state index contributed by atoms with van der Waals surface area (Å²) in [7, 11) is 0. The summed E-state index contributed by atoms with van der Waals surface area (Å²) in [6.45, 7) is 1.84. The van der Waals surface area contributed by atoms with Crippen LogP contribution in [-0.4, -0.2) is 24.0 Å². The van der Waals surface area contributed by atoms with Crippen molar-refractivity contribution in [1.82, 2.24) is 4.90 Å². The minimum atomic E-state index is -0.0167. The largest absolute Gasteiger partial charge is 0.381 e. The van der Waals surface area contributed by atoms with Gasteiger partial charge in [-0.1, -0.05) is 48.0 Å². The molecule has 4 rings (SSSR count). The van der Waals surface area contributed by atoms with Crippen LogP contribution >= 0.6 is 11.6 Å². The smallest absolute Gasteiger partial charge is 0.228 e. The first-order valence-corrected chi connectivity index (χ1v) is 8.80. The normalized spacial score (nSPS) is 23.1. The molecule has 0 saturated carbocycles. The van der Waals surface area contributed by atoms with Crippen molar-refractivity contribution in [3.8, 4) is 0 Å². The molecular formula is C20H20ClNO2. The van der Waals surface area contributed by atoms with Crippen molar-refractivity contribution in [2.75, 3.05) is 13.2 Å². The van der Waals surface area contributed by atoms with Crippen LogP contribution in [0.15, 0.2) is 48.5 Å². The van der Waals surface area contributed by atoms with Crippen LogP contribution in [0.5, 0.6) is 0 Å². The molecule has 0 radical (unpaired) electrons. The molecule has 0 N–H and O–H groups in total. The Hall–Kier alpha value is -1.84. The molecule has 4 heteroatoms. The summed E-state index contributed by atoms with van der Waals surface area (Å²) in [5, 5.41) is 0.725. The number of rotatable bonds is 2. The summed E-state index contributed by atoms with van der Waals surface area (Å²) in [5.41, 5.74) is 3.62. The van der Waals surface area contributed by atoms with Gasteiger partial charge in [-0.3, -0.25) is 4.79 Å². The molecule has 0 bridgehead atoms. The van der Waals surface area contributed by atoms with Gasteiger partial charge in [0.25, 0.3) is 0 Å². The van der Waals surface area contributed by atoms with Crippen LogP contribution in [0.3, 0.4) is 0 Å². The van der Waals surface area contributed by atoms with Gasteiger partial charge < -0.3 is 9.64 Å². The van der Waals surface area contributed by atoms with Gasteiger partial charge in [-0.2, -0.15) is 0 Å². The van der Waals surface area contributed by atoms with Crippen LogP contribution in [-0.2, 0) is 22.5 Å². The number of carbonyl (C=O) groups excluding carboxylic acids is 1. The van der Waals surface area contributed by atoms with Crippen molar-refractivity contribution >= 4 is 17.5 Å². The molecular weight excluding hydrogens is 322 g/mol. The van der Waals surface area contributed by atoms with Crippen molar-refractivity contribution < 1.29 is 9.53 Å². The molecule has 1 saturated heterocycles. The fourth-order valence-electron chi connectivity index (χ4n) is 3.72. The molecule has 0 spiro atoms. The molecule has 0 aliphatic carbocycles. The summed E-state index contributed by atoms with van der Waals surface area (Å²) in [6, 6.07) is 16.4. The van der Waals surface area contributed by atoms with E-state index in [9.17, 15) is 4.79 Å². The van der Waals surface area contributed by atoms with E-state index in [-0.39, 0.29) is 17.9 Å². The summed E-state index contributed by atoms with van der Waals surface area (Å²) in [4.78, 5) is 15.1. The molecule has 124 valence electrons. The van der Waals surface area contributed by atoms with Crippen molar-refractivity contribution in [3.63, 3.8) is 0 Å². The monoisotopic (exact) mass is 341 g/mol. The number of nitrogens with zero attached hydrogens (tertiary/aromatic N) is 1. The second-order valence-electron chi connectivity index (χ2n) is 6.57. The topological polar surface area (TPSA) is 29.5 Å². The van der Waals surface area contributed by atoms with Gasteiger partial charge in [0.05, 0.1) is 18.6 Å². The van der Waals surface area contributed by atoms with Crippen molar-refractivity contribution in [2.45, 2.75) is 25.4 Å². The second kappa shape index (κ2) is 6.58. The summed E-state index contributed by atoms with van der Waals surface area (Å²) in [6.07, 6.45) is 1.65. The van der Waals surface area contributed by atoms with Crippen LogP contribution in [0.1, 0.15) is 29.2 Å². The summed E-state index contributed by atoms with van der Waals surface area (Å²) >= 11 is 6.16. The summed E-state index contributed by atoms with van der Waals surface area (Å²) in [5.74, 6) is 0.184. The number of carbonyl (C=O) groups is 1. The molecule has 2 aromatic carbocycles. The molecule has 2 aliphatic rings.